The summed E-state index contributed by atoms with van der Waals surface area (Å²) in [5.41, 5.74) is 9.15. The summed E-state index contributed by atoms with van der Waals surface area (Å²) >= 11 is 6.21. The molecule has 0 bridgehead atoms. The van der Waals surface area contributed by atoms with Crippen LogP contribution in [0.5, 0.6) is 0 Å². The maximum Gasteiger partial charge on any atom is 0.206 e. The molecule has 0 aliphatic carbocycles. The first-order valence-electron chi connectivity index (χ1n) is 8.74. The molecule has 1 aliphatic rings. The molecule has 1 aliphatic heterocycles. The lowest BCUT2D eigenvalue weighted by Crippen LogP contribution is -2.52. The average Bonchev–Trinajstić information content (AvgIpc) is 3.02. The maximum atomic E-state index is 9.94. The first-order valence-corrected chi connectivity index (χ1v) is 9.12. The second kappa shape index (κ2) is 7.16. The van der Waals surface area contributed by atoms with Crippen molar-refractivity contribution in [2.45, 2.75) is 25.1 Å². The Morgan fingerprint density at radius 1 is 1.33 bits per heavy atom. The molecular weight excluding hydrogens is 364 g/mol. The quantitative estimate of drug-likeness (QED) is 0.717. The van der Waals surface area contributed by atoms with E-state index in [-0.39, 0.29) is 6.04 Å². The lowest BCUT2D eigenvalue weighted by Gasteiger charge is -2.35. The minimum Gasteiger partial charge on any atom is -0.391 e. The fraction of sp³-hybridized carbons (Fsp3) is 0.316. The van der Waals surface area contributed by atoms with Crippen molar-refractivity contribution >= 4 is 28.6 Å². The Hall–Kier alpha value is -2.66. The van der Waals surface area contributed by atoms with Crippen LogP contribution in [-0.4, -0.2) is 44.9 Å². The van der Waals surface area contributed by atoms with E-state index in [1.54, 1.807) is 12.3 Å². The Labute approximate surface area is 161 Å². The fourth-order valence-corrected chi connectivity index (χ4v) is 3.54. The van der Waals surface area contributed by atoms with Gasteiger partial charge in [0.05, 0.1) is 34.9 Å². The summed E-state index contributed by atoms with van der Waals surface area (Å²) < 4.78 is 2.06. The summed E-state index contributed by atoms with van der Waals surface area (Å²) in [5, 5.41) is 19.5. The standard InChI is InChI=1S/C19H19ClN6O/c20-13-2-4-16-17(7-13)26(10-14-3-1-12(8-21)9-23-14)19(24-16)25-6-5-18(27)15(22)11-25/h1-4,7,9,15,18,27H,5-6,10-11,22H2/t15-,18-/m1/s1. The lowest BCUT2D eigenvalue weighted by molar-refractivity contribution is 0.124. The van der Waals surface area contributed by atoms with Crippen LogP contribution < -0.4 is 10.6 Å². The first-order chi connectivity index (χ1) is 13.0. The maximum absolute atomic E-state index is 9.94. The smallest absolute Gasteiger partial charge is 0.206 e. The molecule has 1 fully saturated rings. The van der Waals surface area contributed by atoms with E-state index >= 15 is 0 Å². The lowest BCUT2D eigenvalue weighted by atomic mass is 10.0. The number of anilines is 1. The van der Waals surface area contributed by atoms with Crippen LogP contribution >= 0.6 is 11.6 Å². The van der Waals surface area contributed by atoms with Gasteiger partial charge in [0.25, 0.3) is 0 Å². The van der Waals surface area contributed by atoms with Crippen molar-refractivity contribution in [3.05, 3.63) is 52.8 Å². The average molecular weight is 383 g/mol. The number of hydrogen-bond donors (Lipinski definition) is 2. The Morgan fingerprint density at radius 2 is 2.19 bits per heavy atom. The molecule has 0 unspecified atom stereocenters. The van der Waals surface area contributed by atoms with E-state index in [0.29, 0.717) is 36.6 Å². The number of hydrogen-bond acceptors (Lipinski definition) is 6. The predicted molar refractivity (Wildman–Crippen MR) is 104 cm³/mol. The van der Waals surface area contributed by atoms with Crippen LogP contribution in [0.1, 0.15) is 17.7 Å². The van der Waals surface area contributed by atoms with Gasteiger partial charge in [0.15, 0.2) is 0 Å². The molecule has 7 nitrogen and oxygen atoms in total. The Morgan fingerprint density at radius 3 is 2.89 bits per heavy atom. The van der Waals surface area contributed by atoms with E-state index in [4.69, 9.17) is 27.6 Å². The number of fused-ring (bicyclic) bond motifs is 1. The third-order valence-corrected chi connectivity index (χ3v) is 5.10. The number of aliphatic hydroxyl groups excluding tert-OH is 1. The van der Waals surface area contributed by atoms with E-state index in [0.717, 1.165) is 22.7 Å². The van der Waals surface area contributed by atoms with Crippen LogP contribution in [0.15, 0.2) is 36.5 Å². The minimum atomic E-state index is -0.492. The fourth-order valence-electron chi connectivity index (χ4n) is 3.38. The summed E-state index contributed by atoms with van der Waals surface area (Å²) in [5.74, 6) is 0.778. The normalized spacial score (nSPS) is 20.0. The van der Waals surface area contributed by atoms with Gasteiger partial charge in [-0.15, -0.1) is 0 Å². The van der Waals surface area contributed by atoms with Gasteiger partial charge in [-0.2, -0.15) is 5.26 Å². The van der Waals surface area contributed by atoms with Crippen LogP contribution in [0.25, 0.3) is 11.0 Å². The molecule has 8 heteroatoms. The summed E-state index contributed by atoms with van der Waals surface area (Å²) in [6.07, 6.45) is 1.67. The van der Waals surface area contributed by atoms with E-state index in [2.05, 4.69) is 20.5 Å². The molecule has 0 amide bonds. The number of nitrogens with zero attached hydrogens (tertiary/aromatic N) is 5. The number of aliphatic hydroxyl groups is 1. The van der Waals surface area contributed by atoms with Gasteiger partial charge in [-0.3, -0.25) is 4.98 Å². The van der Waals surface area contributed by atoms with Gasteiger partial charge in [0.2, 0.25) is 5.95 Å². The molecule has 3 aromatic rings. The van der Waals surface area contributed by atoms with Gasteiger partial charge < -0.3 is 20.3 Å². The first kappa shape index (κ1) is 17.7. The molecule has 1 saturated heterocycles. The van der Waals surface area contributed by atoms with E-state index in [1.165, 1.54) is 0 Å². The molecule has 2 atom stereocenters. The third kappa shape index (κ3) is 3.47. The molecule has 0 radical (unpaired) electrons. The molecular formula is C19H19ClN6O. The number of nitrogens with two attached hydrogens (primary N) is 1. The number of halogens is 1. The number of aromatic nitrogens is 3. The van der Waals surface area contributed by atoms with Gasteiger partial charge in [0.1, 0.15) is 6.07 Å². The van der Waals surface area contributed by atoms with Crippen LogP contribution in [0.4, 0.5) is 5.95 Å². The van der Waals surface area contributed by atoms with Crippen molar-refractivity contribution in [1.29, 1.82) is 5.26 Å². The molecule has 2 aromatic heterocycles. The highest BCUT2D eigenvalue weighted by Gasteiger charge is 2.28. The SMILES string of the molecule is N#Cc1ccc(Cn2c(N3CC[C@@H](O)[C@H](N)C3)nc3ccc(Cl)cc32)nc1. The molecule has 27 heavy (non-hydrogen) atoms. The van der Waals surface area contributed by atoms with Crippen LogP contribution in [0.2, 0.25) is 5.02 Å². The van der Waals surface area contributed by atoms with Crippen molar-refractivity contribution in [1.82, 2.24) is 14.5 Å². The summed E-state index contributed by atoms with van der Waals surface area (Å²) in [4.78, 5) is 11.3. The van der Waals surface area contributed by atoms with Crippen molar-refractivity contribution in [2.24, 2.45) is 5.73 Å². The van der Waals surface area contributed by atoms with Crippen molar-refractivity contribution in [3.8, 4) is 6.07 Å². The second-order valence-electron chi connectivity index (χ2n) is 6.75. The van der Waals surface area contributed by atoms with E-state index < -0.39 is 6.10 Å². The van der Waals surface area contributed by atoms with Gasteiger partial charge in [-0.1, -0.05) is 11.6 Å². The number of benzene rings is 1. The number of pyridine rings is 1. The molecule has 138 valence electrons. The molecule has 3 heterocycles. The zero-order chi connectivity index (χ0) is 19.0. The summed E-state index contributed by atoms with van der Waals surface area (Å²) in [7, 11) is 0. The molecule has 0 saturated carbocycles. The Bertz CT molecular complexity index is 1010. The summed E-state index contributed by atoms with van der Waals surface area (Å²) in [6, 6.07) is 10.9. The van der Waals surface area contributed by atoms with Crippen molar-refractivity contribution in [3.63, 3.8) is 0 Å². The summed E-state index contributed by atoms with van der Waals surface area (Å²) in [6.45, 7) is 1.69. The van der Waals surface area contributed by atoms with Crippen LogP contribution in [-0.2, 0) is 6.54 Å². The van der Waals surface area contributed by atoms with Gasteiger partial charge in [-0.05, 0) is 36.8 Å². The largest absolute Gasteiger partial charge is 0.391 e. The number of rotatable bonds is 3. The Kier molecular flexibility index (Phi) is 4.70. The van der Waals surface area contributed by atoms with Crippen molar-refractivity contribution < 1.29 is 5.11 Å². The minimum absolute atomic E-state index is 0.316. The number of imidazole rings is 1. The number of piperidine rings is 1. The molecule has 3 N–H and O–H groups in total. The predicted octanol–water partition coefficient (Wildman–Crippen LogP) is 1.90. The molecule has 4 rings (SSSR count). The van der Waals surface area contributed by atoms with E-state index in [1.807, 2.05) is 24.3 Å². The number of nitriles is 1. The van der Waals surface area contributed by atoms with Gasteiger partial charge >= 0.3 is 0 Å². The van der Waals surface area contributed by atoms with Crippen LogP contribution in [0, 0.1) is 11.3 Å². The third-order valence-electron chi connectivity index (χ3n) is 4.87. The molecule has 0 spiro atoms. The highest BCUT2D eigenvalue weighted by Crippen LogP contribution is 2.28. The zero-order valence-electron chi connectivity index (χ0n) is 14.6. The zero-order valence-corrected chi connectivity index (χ0v) is 15.3. The second-order valence-corrected chi connectivity index (χ2v) is 7.18. The monoisotopic (exact) mass is 382 g/mol. The van der Waals surface area contributed by atoms with Crippen LogP contribution in [0.3, 0.4) is 0 Å². The Balaban J connectivity index is 1.76. The highest BCUT2D eigenvalue weighted by molar-refractivity contribution is 6.31. The van der Waals surface area contributed by atoms with Gasteiger partial charge in [0, 0.05) is 30.4 Å². The highest BCUT2D eigenvalue weighted by atomic mass is 35.5. The van der Waals surface area contributed by atoms with Crippen molar-refractivity contribution in [2.75, 3.05) is 18.0 Å². The van der Waals surface area contributed by atoms with Gasteiger partial charge in [-0.25, -0.2) is 4.98 Å². The molecule has 1 aromatic carbocycles. The topological polar surface area (TPSA) is 104 Å². The van der Waals surface area contributed by atoms with E-state index in [9.17, 15) is 5.11 Å².